The number of carbonyl (C=O) groups excluding carboxylic acids is 1. The standard InChI is InChI=1S/C24H20Br3N3O2/c25-17-13-16(15-29-18-5-7-19(8-6-18)30-11-9-28-10-12-30)23(22(27)14-17)32-24(31)20-3-1-2-4-21(20)26/h1-8,13-15,28H,9-12H2. The zero-order valence-electron chi connectivity index (χ0n) is 17.0. The third-order valence-corrected chi connectivity index (χ3v) is 6.75. The number of hydrogen-bond donors (Lipinski definition) is 1. The summed E-state index contributed by atoms with van der Waals surface area (Å²) < 4.78 is 7.93. The lowest BCUT2D eigenvalue weighted by Crippen LogP contribution is -2.43. The Morgan fingerprint density at radius 3 is 2.41 bits per heavy atom. The van der Waals surface area contributed by atoms with Gasteiger partial charge in [-0.05, 0) is 80.4 Å². The van der Waals surface area contributed by atoms with Gasteiger partial charge in [0.25, 0.3) is 0 Å². The van der Waals surface area contributed by atoms with Crippen LogP contribution in [-0.4, -0.2) is 38.4 Å². The number of rotatable bonds is 5. The maximum Gasteiger partial charge on any atom is 0.344 e. The first kappa shape index (κ1) is 23.2. The van der Waals surface area contributed by atoms with Crippen LogP contribution in [0.2, 0.25) is 0 Å². The molecule has 0 bridgehead atoms. The highest BCUT2D eigenvalue weighted by atomic mass is 79.9. The van der Waals surface area contributed by atoms with E-state index in [2.05, 4.69) is 75.1 Å². The number of nitrogens with one attached hydrogen (secondary N) is 1. The van der Waals surface area contributed by atoms with E-state index in [9.17, 15) is 4.79 Å². The van der Waals surface area contributed by atoms with Crippen molar-refractivity contribution in [3.05, 3.63) is 85.2 Å². The van der Waals surface area contributed by atoms with Crippen molar-refractivity contribution in [2.24, 2.45) is 4.99 Å². The fourth-order valence-electron chi connectivity index (χ4n) is 3.37. The highest BCUT2D eigenvalue weighted by Crippen LogP contribution is 2.33. The van der Waals surface area contributed by atoms with Crippen LogP contribution >= 0.6 is 47.8 Å². The second-order valence-corrected chi connectivity index (χ2v) is 9.81. The fourth-order valence-corrected chi connectivity index (χ4v) is 5.16. The van der Waals surface area contributed by atoms with Crippen LogP contribution in [0.15, 0.2) is 79.1 Å². The second kappa shape index (κ2) is 10.7. The lowest BCUT2D eigenvalue weighted by atomic mass is 10.2. The van der Waals surface area contributed by atoms with Crippen molar-refractivity contribution in [3.8, 4) is 5.75 Å². The number of aliphatic imine (C=N–C) groups is 1. The third kappa shape index (κ3) is 5.67. The number of anilines is 1. The Kier molecular flexibility index (Phi) is 7.78. The molecule has 0 saturated carbocycles. The smallest absolute Gasteiger partial charge is 0.344 e. The number of esters is 1. The Labute approximate surface area is 212 Å². The Balaban J connectivity index is 1.56. The lowest BCUT2D eigenvalue weighted by Gasteiger charge is -2.29. The molecule has 0 unspecified atom stereocenters. The molecule has 1 N–H and O–H groups in total. The minimum absolute atomic E-state index is 0.412. The molecule has 32 heavy (non-hydrogen) atoms. The van der Waals surface area contributed by atoms with E-state index < -0.39 is 5.97 Å². The van der Waals surface area contributed by atoms with Crippen molar-refractivity contribution < 1.29 is 9.53 Å². The van der Waals surface area contributed by atoms with Crippen molar-refractivity contribution >= 4 is 71.3 Å². The average molecular weight is 622 g/mol. The van der Waals surface area contributed by atoms with Crippen LogP contribution in [0.3, 0.4) is 0 Å². The van der Waals surface area contributed by atoms with E-state index in [-0.39, 0.29) is 0 Å². The number of hydrogen-bond acceptors (Lipinski definition) is 5. The van der Waals surface area contributed by atoms with E-state index in [0.29, 0.717) is 25.8 Å². The molecule has 8 heteroatoms. The van der Waals surface area contributed by atoms with Crippen molar-refractivity contribution in [2.75, 3.05) is 31.1 Å². The molecule has 0 atom stereocenters. The van der Waals surface area contributed by atoms with E-state index in [0.717, 1.165) is 36.3 Å². The minimum Gasteiger partial charge on any atom is -0.421 e. The number of halogens is 3. The molecule has 1 aliphatic rings. The first-order valence-corrected chi connectivity index (χ1v) is 12.4. The van der Waals surface area contributed by atoms with Gasteiger partial charge in [0.1, 0.15) is 0 Å². The SMILES string of the molecule is O=C(Oc1c(Br)cc(Br)cc1C=Nc1ccc(N2CCNCC2)cc1)c1ccccc1Br. The quantitative estimate of drug-likeness (QED) is 0.205. The molecule has 3 aromatic rings. The Bertz CT molecular complexity index is 1140. The first-order valence-electron chi connectivity index (χ1n) is 10.1. The molecule has 0 amide bonds. The first-order chi connectivity index (χ1) is 15.5. The van der Waals surface area contributed by atoms with Crippen LogP contribution in [0.25, 0.3) is 0 Å². The molecule has 1 aliphatic heterocycles. The minimum atomic E-state index is -0.449. The molecule has 5 nitrogen and oxygen atoms in total. The topological polar surface area (TPSA) is 53.9 Å². The predicted octanol–water partition coefficient (Wildman–Crippen LogP) is 6.35. The summed E-state index contributed by atoms with van der Waals surface area (Å²) in [4.78, 5) is 19.7. The normalized spacial score (nSPS) is 14.0. The van der Waals surface area contributed by atoms with Crippen LogP contribution in [0, 0.1) is 0 Å². The Morgan fingerprint density at radius 2 is 1.69 bits per heavy atom. The van der Waals surface area contributed by atoms with Crippen LogP contribution in [0.4, 0.5) is 11.4 Å². The molecule has 0 radical (unpaired) electrons. The van der Waals surface area contributed by atoms with Gasteiger partial charge >= 0.3 is 5.97 Å². The molecular weight excluding hydrogens is 602 g/mol. The summed E-state index contributed by atoms with van der Waals surface area (Å²) in [5.41, 5.74) is 3.15. The van der Waals surface area contributed by atoms with Gasteiger partial charge in [-0.2, -0.15) is 0 Å². The number of ether oxygens (including phenoxy) is 1. The number of carbonyl (C=O) groups is 1. The second-order valence-electron chi connectivity index (χ2n) is 7.19. The van der Waals surface area contributed by atoms with Crippen LogP contribution < -0.4 is 15.0 Å². The third-order valence-electron chi connectivity index (χ3n) is 5.01. The van der Waals surface area contributed by atoms with Crippen molar-refractivity contribution in [2.45, 2.75) is 0 Å². The number of benzene rings is 3. The number of nitrogens with zero attached hydrogens (tertiary/aromatic N) is 2. The number of piperazine rings is 1. The van der Waals surface area contributed by atoms with Crippen LogP contribution in [0.5, 0.6) is 5.75 Å². The highest BCUT2D eigenvalue weighted by molar-refractivity contribution is 9.11. The molecule has 0 aromatic heterocycles. The van der Waals surface area contributed by atoms with Gasteiger partial charge in [0, 0.05) is 52.6 Å². The molecule has 1 fully saturated rings. The van der Waals surface area contributed by atoms with Gasteiger partial charge in [0.2, 0.25) is 0 Å². The lowest BCUT2D eigenvalue weighted by molar-refractivity contribution is 0.0732. The molecule has 1 saturated heterocycles. The molecule has 1 heterocycles. The molecule has 0 spiro atoms. The van der Waals surface area contributed by atoms with E-state index >= 15 is 0 Å². The van der Waals surface area contributed by atoms with Gasteiger partial charge in [-0.3, -0.25) is 4.99 Å². The van der Waals surface area contributed by atoms with E-state index in [1.54, 1.807) is 24.4 Å². The fraction of sp³-hybridized carbons (Fsp3) is 0.167. The summed E-state index contributed by atoms with van der Waals surface area (Å²) in [6.45, 7) is 4.00. The van der Waals surface area contributed by atoms with E-state index in [4.69, 9.17) is 4.74 Å². The van der Waals surface area contributed by atoms with Crippen molar-refractivity contribution in [3.63, 3.8) is 0 Å². The zero-order valence-corrected chi connectivity index (χ0v) is 21.8. The maximum absolute atomic E-state index is 12.7. The molecule has 4 rings (SSSR count). The maximum atomic E-state index is 12.7. The van der Waals surface area contributed by atoms with Gasteiger partial charge in [-0.1, -0.05) is 28.1 Å². The Hall–Kier alpha value is -2.00. The van der Waals surface area contributed by atoms with E-state index in [1.165, 1.54) is 5.69 Å². The molecule has 3 aromatic carbocycles. The van der Waals surface area contributed by atoms with Gasteiger partial charge in [-0.25, -0.2) is 4.79 Å². The summed E-state index contributed by atoms with van der Waals surface area (Å²) in [6, 6.07) is 19.0. The molecular formula is C24H20Br3N3O2. The summed E-state index contributed by atoms with van der Waals surface area (Å²) >= 11 is 10.4. The highest BCUT2D eigenvalue weighted by Gasteiger charge is 2.17. The van der Waals surface area contributed by atoms with Gasteiger partial charge in [-0.15, -0.1) is 0 Å². The summed E-state index contributed by atoms with van der Waals surface area (Å²) in [5.74, 6) is -0.0364. The van der Waals surface area contributed by atoms with Gasteiger partial charge in [0.05, 0.1) is 15.7 Å². The van der Waals surface area contributed by atoms with Crippen molar-refractivity contribution in [1.29, 1.82) is 0 Å². The van der Waals surface area contributed by atoms with Crippen LogP contribution in [0.1, 0.15) is 15.9 Å². The largest absolute Gasteiger partial charge is 0.421 e. The summed E-state index contributed by atoms with van der Waals surface area (Å²) in [7, 11) is 0. The zero-order chi connectivity index (χ0) is 22.5. The van der Waals surface area contributed by atoms with Gasteiger partial charge in [0.15, 0.2) is 5.75 Å². The predicted molar refractivity (Wildman–Crippen MR) is 140 cm³/mol. The average Bonchev–Trinajstić information content (AvgIpc) is 2.80. The van der Waals surface area contributed by atoms with E-state index in [1.807, 2.05) is 30.3 Å². The van der Waals surface area contributed by atoms with Crippen LogP contribution in [-0.2, 0) is 0 Å². The summed E-state index contributed by atoms with van der Waals surface area (Å²) in [5, 5.41) is 3.36. The van der Waals surface area contributed by atoms with Crippen molar-refractivity contribution in [1.82, 2.24) is 5.32 Å². The monoisotopic (exact) mass is 619 g/mol. The summed E-state index contributed by atoms with van der Waals surface area (Å²) in [6.07, 6.45) is 1.71. The Morgan fingerprint density at radius 1 is 0.969 bits per heavy atom. The molecule has 164 valence electrons. The molecule has 0 aliphatic carbocycles. The van der Waals surface area contributed by atoms with Gasteiger partial charge < -0.3 is 15.0 Å².